The number of ether oxygens (including phenoxy) is 2. The fourth-order valence-corrected chi connectivity index (χ4v) is 5.16. The minimum atomic E-state index is -0.294. The lowest BCUT2D eigenvalue weighted by Crippen LogP contribution is -2.35. The summed E-state index contributed by atoms with van der Waals surface area (Å²) in [4.78, 5) is 15.4. The molecule has 6 nitrogen and oxygen atoms in total. The minimum Gasteiger partial charge on any atom is -0.507 e. The largest absolute Gasteiger partial charge is 0.507 e. The third-order valence-corrected chi connectivity index (χ3v) is 7.41. The lowest BCUT2D eigenvalue weighted by Gasteiger charge is -2.27. The summed E-state index contributed by atoms with van der Waals surface area (Å²) in [7, 11) is 0. The van der Waals surface area contributed by atoms with Gasteiger partial charge in [-0.2, -0.15) is 0 Å². The van der Waals surface area contributed by atoms with E-state index in [-0.39, 0.29) is 17.0 Å². The molecule has 2 aliphatic rings. The fraction of sp³-hybridized carbons (Fsp3) is 0.171. The molecule has 0 atom stereocenters. The molecule has 5 aromatic rings. The van der Waals surface area contributed by atoms with Gasteiger partial charge in [-0.1, -0.05) is 60.7 Å². The van der Waals surface area contributed by atoms with Crippen molar-refractivity contribution in [3.8, 4) is 33.8 Å². The molecule has 0 unspecified atom stereocenters. The van der Waals surface area contributed by atoms with Crippen molar-refractivity contribution in [1.82, 2.24) is 4.90 Å². The number of morpholine rings is 1. The Labute approximate surface area is 242 Å². The number of para-hydroxylation sites is 1. The highest BCUT2D eigenvalue weighted by Gasteiger charge is 2.19. The first kappa shape index (κ1) is 27.4. The van der Waals surface area contributed by atoms with Crippen molar-refractivity contribution in [3.05, 3.63) is 124 Å². The highest BCUT2D eigenvalue weighted by Crippen LogP contribution is 2.30. The van der Waals surface area contributed by atoms with Gasteiger partial charge >= 0.3 is 0 Å². The van der Waals surface area contributed by atoms with Gasteiger partial charge in [-0.05, 0) is 53.1 Å². The maximum Gasteiger partial charge on any atom is 0.200 e. The summed E-state index contributed by atoms with van der Waals surface area (Å²) in [5.41, 5.74) is 4.80. The van der Waals surface area contributed by atoms with Crippen LogP contribution in [0.3, 0.4) is 0 Å². The van der Waals surface area contributed by atoms with Crippen molar-refractivity contribution in [2.45, 2.75) is 6.54 Å². The van der Waals surface area contributed by atoms with Crippen molar-refractivity contribution in [2.75, 3.05) is 32.9 Å². The van der Waals surface area contributed by atoms with E-state index < -0.39 is 0 Å². The molecule has 1 fully saturated rings. The number of benzene rings is 4. The molecule has 2 aliphatic heterocycles. The Morgan fingerprint density at radius 2 is 1.64 bits per heavy atom. The Morgan fingerprint density at radius 3 is 2.43 bits per heavy atom. The van der Waals surface area contributed by atoms with Crippen LogP contribution in [0.15, 0.2) is 106 Å². The van der Waals surface area contributed by atoms with Crippen LogP contribution in [0.2, 0.25) is 0 Å². The number of hydrogen-bond donors (Lipinski definition) is 1. The highest BCUT2D eigenvalue weighted by molar-refractivity contribution is 5.86. The first-order valence-electron chi connectivity index (χ1n) is 13.9. The summed E-state index contributed by atoms with van der Waals surface area (Å²) in [6.07, 6.45) is 5.55. The van der Waals surface area contributed by atoms with Gasteiger partial charge in [-0.3, -0.25) is 9.69 Å². The number of phenols is 1. The van der Waals surface area contributed by atoms with Gasteiger partial charge in [-0.25, -0.2) is 4.39 Å². The minimum absolute atomic E-state index is 0.110. The molecule has 212 valence electrons. The van der Waals surface area contributed by atoms with Crippen molar-refractivity contribution in [1.29, 1.82) is 0 Å². The summed E-state index contributed by atoms with van der Waals surface area (Å²) in [5, 5.41) is 10.9. The van der Waals surface area contributed by atoms with E-state index in [2.05, 4.69) is 11.0 Å². The number of phenolic OH excluding ortho intramolecular Hbond substituents is 1. The molecular weight excluding hydrogens is 533 g/mol. The zero-order chi connectivity index (χ0) is 28.9. The lowest BCUT2D eigenvalue weighted by atomic mass is 9.99. The molecule has 0 radical (unpaired) electrons. The standard InChI is InChI=1S/C26H22FNO4.C9H8O/c27-20-3-1-2-19(14-20)17-4-6-18(7-5-17)23-16-32-26-21(25(23)30)8-9-24(29)22(26)15-28-10-12-31-13-11-28;1-2-6-9-8(4-1)5-3-7-10-9/h1-9,14,16,29H,10-13,15H2;1-6H,7H2. The van der Waals surface area contributed by atoms with Gasteiger partial charge in [0.05, 0.1) is 29.7 Å². The smallest absolute Gasteiger partial charge is 0.200 e. The van der Waals surface area contributed by atoms with E-state index in [4.69, 9.17) is 13.9 Å². The number of fused-ring (bicyclic) bond motifs is 2. The summed E-state index contributed by atoms with van der Waals surface area (Å²) >= 11 is 0. The van der Waals surface area contributed by atoms with Crippen molar-refractivity contribution < 1.29 is 23.4 Å². The summed E-state index contributed by atoms with van der Waals surface area (Å²) in [6.45, 7) is 4.00. The SMILES string of the molecule is C1=Cc2ccccc2OC1.O=c1c(-c2ccc(-c3cccc(F)c3)cc2)coc2c(CN3CCOCC3)c(O)ccc12. The Kier molecular flexibility index (Phi) is 8.12. The Balaban J connectivity index is 0.000000265. The van der Waals surface area contributed by atoms with Crippen LogP contribution < -0.4 is 10.2 Å². The average Bonchev–Trinajstić information content (AvgIpc) is 3.04. The zero-order valence-corrected chi connectivity index (χ0v) is 23.0. The molecule has 1 N–H and O–H groups in total. The van der Waals surface area contributed by atoms with Crippen molar-refractivity contribution >= 4 is 17.0 Å². The number of nitrogens with zero attached hydrogens (tertiary/aromatic N) is 1. The molecule has 0 aliphatic carbocycles. The Hall–Kier alpha value is -4.72. The quantitative estimate of drug-likeness (QED) is 0.257. The third kappa shape index (κ3) is 5.98. The van der Waals surface area contributed by atoms with E-state index >= 15 is 0 Å². The van der Waals surface area contributed by atoms with Crippen LogP contribution in [0.25, 0.3) is 39.3 Å². The van der Waals surface area contributed by atoms with Gasteiger partial charge in [0.15, 0.2) is 0 Å². The number of hydrogen-bond acceptors (Lipinski definition) is 6. The van der Waals surface area contributed by atoms with Crippen LogP contribution in [-0.4, -0.2) is 42.9 Å². The molecule has 7 rings (SSSR count). The van der Waals surface area contributed by atoms with Gasteiger partial charge < -0.3 is 19.0 Å². The second kappa shape index (κ2) is 12.4. The normalized spacial score (nSPS) is 14.5. The molecule has 1 aromatic heterocycles. The van der Waals surface area contributed by atoms with Crippen LogP contribution in [0, 0.1) is 5.82 Å². The maximum atomic E-state index is 13.5. The third-order valence-electron chi connectivity index (χ3n) is 7.41. The molecule has 0 bridgehead atoms. The summed E-state index contributed by atoms with van der Waals surface area (Å²) in [5.74, 6) is 0.808. The monoisotopic (exact) mass is 563 g/mol. The van der Waals surface area contributed by atoms with E-state index in [1.807, 2.05) is 60.7 Å². The van der Waals surface area contributed by atoms with Gasteiger partial charge in [0, 0.05) is 25.2 Å². The first-order chi connectivity index (χ1) is 20.6. The van der Waals surface area contributed by atoms with E-state index in [1.54, 1.807) is 18.2 Å². The number of rotatable bonds is 4. The van der Waals surface area contributed by atoms with Gasteiger partial charge in [0.25, 0.3) is 0 Å². The highest BCUT2D eigenvalue weighted by atomic mass is 19.1. The molecule has 7 heteroatoms. The molecule has 1 saturated heterocycles. The fourth-order valence-electron chi connectivity index (χ4n) is 5.16. The lowest BCUT2D eigenvalue weighted by molar-refractivity contribution is 0.0339. The number of aromatic hydroxyl groups is 1. The summed E-state index contributed by atoms with van der Waals surface area (Å²) < 4.78 is 30.1. The van der Waals surface area contributed by atoms with Crippen molar-refractivity contribution in [3.63, 3.8) is 0 Å². The Morgan fingerprint density at radius 1 is 0.857 bits per heavy atom. The van der Waals surface area contributed by atoms with Crippen LogP contribution in [-0.2, 0) is 11.3 Å². The molecule has 0 saturated carbocycles. The number of halogens is 1. The second-order valence-electron chi connectivity index (χ2n) is 10.1. The molecule has 0 spiro atoms. The van der Waals surface area contributed by atoms with E-state index in [1.165, 1.54) is 24.0 Å². The van der Waals surface area contributed by atoms with Crippen LogP contribution in [0.1, 0.15) is 11.1 Å². The summed E-state index contributed by atoms with van der Waals surface area (Å²) in [6, 6.07) is 24.9. The van der Waals surface area contributed by atoms with E-state index in [0.717, 1.165) is 30.0 Å². The Bertz CT molecular complexity index is 1790. The van der Waals surface area contributed by atoms with Gasteiger partial charge in [-0.15, -0.1) is 0 Å². The molecule has 42 heavy (non-hydrogen) atoms. The second-order valence-corrected chi connectivity index (χ2v) is 10.1. The zero-order valence-electron chi connectivity index (χ0n) is 23.0. The van der Waals surface area contributed by atoms with Gasteiger partial charge in [0.2, 0.25) is 5.43 Å². The van der Waals surface area contributed by atoms with Crippen LogP contribution >= 0.6 is 0 Å². The van der Waals surface area contributed by atoms with Crippen molar-refractivity contribution in [2.24, 2.45) is 0 Å². The molecule has 4 aromatic carbocycles. The van der Waals surface area contributed by atoms with E-state index in [9.17, 15) is 14.3 Å². The van der Waals surface area contributed by atoms with E-state index in [0.29, 0.717) is 54.0 Å². The van der Waals surface area contributed by atoms with Crippen LogP contribution in [0.4, 0.5) is 4.39 Å². The topological polar surface area (TPSA) is 72.1 Å². The molecule has 0 amide bonds. The average molecular weight is 564 g/mol. The van der Waals surface area contributed by atoms with Crippen LogP contribution in [0.5, 0.6) is 11.5 Å². The van der Waals surface area contributed by atoms with Gasteiger partial charge in [0.1, 0.15) is 35.8 Å². The maximum absolute atomic E-state index is 13.5. The molecular formula is C35H30FNO5. The predicted octanol–water partition coefficient (Wildman–Crippen LogP) is 6.90. The first-order valence-corrected chi connectivity index (χ1v) is 13.9. The molecule has 3 heterocycles. The predicted molar refractivity (Wildman–Crippen MR) is 162 cm³/mol.